The second-order valence-corrected chi connectivity index (χ2v) is 15.9. The average molecular weight is 802 g/mol. The zero-order valence-corrected chi connectivity index (χ0v) is 35.2. The fraction of sp³-hybridized carbons (Fsp3) is 0.489. The van der Waals surface area contributed by atoms with E-state index in [1.165, 1.54) is 12.1 Å². The van der Waals surface area contributed by atoms with Crippen molar-refractivity contribution in [3.63, 3.8) is 0 Å². The first kappa shape index (κ1) is 47.0. The van der Waals surface area contributed by atoms with E-state index in [4.69, 9.17) is 47.5 Å². The van der Waals surface area contributed by atoms with Crippen molar-refractivity contribution in [3.8, 4) is 39.1 Å². The normalized spacial score (nSPS) is 13.2. The molecule has 1 aliphatic carbocycles. The SMILES string of the molecule is CC(C)(O)C(C)(C)O.[B]c1ccc2c(c1)C(CCCOCCOC)(CCCOCCOC)c1cc(-c3cc(F)c(-c4ccc(OCCCCN)cc4)cc3F)ccc1-2. The Morgan fingerprint density at radius 2 is 1.09 bits per heavy atom. The van der Waals surface area contributed by atoms with E-state index in [0.717, 1.165) is 60.8 Å². The first-order valence-electron chi connectivity index (χ1n) is 20.2. The Kier molecular flexibility index (Phi) is 17.9. The van der Waals surface area contributed by atoms with Crippen LogP contribution in [0.2, 0.25) is 0 Å². The van der Waals surface area contributed by atoms with Crippen LogP contribution in [0.5, 0.6) is 5.75 Å². The predicted molar refractivity (Wildman–Crippen MR) is 229 cm³/mol. The van der Waals surface area contributed by atoms with Crippen molar-refractivity contribution in [2.45, 2.75) is 82.8 Å². The number of benzene rings is 4. The number of hydrogen-bond acceptors (Lipinski definition) is 8. The van der Waals surface area contributed by atoms with Crippen LogP contribution in [0.3, 0.4) is 0 Å². The Labute approximate surface area is 345 Å². The zero-order chi connectivity index (χ0) is 42.3. The van der Waals surface area contributed by atoms with E-state index in [9.17, 15) is 0 Å². The van der Waals surface area contributed by atoms with Gasteiger partial charge in [-0.1, -0.05) is 47.9 Å². The molecule has 0 saturated carbocycles. The van der Waals surface area contributed by atoms with Crippen LogP contribution in [0.15, 0.2) is 72.8 Å². The Morgan fingerprint density at radius 3 is 1.60 bits per heavy atom. The first-order valence-corrected chi connectivity index (χ1v) is 20.2. The molecule has 0 aliphatic heterocycles. The molecule has 0 bridgehead atoms. The Morgan fingerprint density at radius 1 is 0.586 bits per heavy atom. The molecule has 0 unspecified atom stereocenters. The zero-order valence-electron chi connectivity index (χ0n) is 35.2. The summed E-state index contributed by atoms with van der Waals surface area (Å²) >= 11 is 0. The molecule has 4 aromatic carbocycles. The molecule has 5 rings (SSSR count). The lowest BCUT2D eigenvalue weighted by molar-refractivity contribution is -0.107. The highest BCUT2D eigenvalue weighted by Crippen LogP contribution is 2.54. The molecule has 4 N–H and O–H groups in total. The summed E-state index contributed by atoms with van der Waals surface area (Å²) in [7, 11) is 9.70. The van der Waals surface area contributed by atoms with Crippen molar-refractivity contribution in [2.75, 3.05) is 67.0 Å². The molecule has 11 heteroatoms. The molecule has 8 nitrogen and oxygen atoms in total. The van der Waals surface area contributed by atoms with Crippen LogP contribution in [0.4, 0.5) is 8.78 Å². The molecular formula is C47H62BF2NO7. The summed E-state index contributed by atoms with van der Waals surface area (Å²) in [4.78, 5) is 0. The molecule has 0 atom stereocenters. The fourth-order valence-electron chi connectivity index (χ4n) is 6.94. The van der Waals surface area contributed by atoms with Gasteiger partial charge in [0, 0.05) is 44.0 Å². The Bertz CT molecular complexity index is 1850. The van der Waals surface area contributed by atoms with E-state index in [1.807, 2.05) is 24.3 Å². The van der Waals surface area contributed by atoms with Crippen LogP contribution in [-0.4, -0.2) is 96.3 Å². The van der Waals surface area contributed by atoms with Gasteiger partial charge in [0.1, 0.15) is 25.2 Å². The molecule has 0 saturated heterocycles. The summed E-state index contributed by atoms with van der Waals surface area (Å²) in [5.74, 6) is -0.315. The molecule has 0 heterocycles. The minimum atomic E-state index is -1.01. The minimum absolute atomic E-state index is 0.196. The van der Waals surface area contributed by atoms with Crippen LogP contribution >= 0.6 is 0 Å². The summed E-state index contributed by atoms with van der Waals surface area (Å²) < 4.78 is 59.6. The summed E-state index contributed by atoms with van der Waals surface area (Å²) in [5, 5.41) is 18.2. The maximum Gasteiger partial charge on any atom is 0.131 e. The van der Waals surface area contributed by atoms with Gasteiger partial charge in [0.2, 0.25) is 0 Å². The van der Waals surface area contributed by atoms with Gasteiger partial charge in [-0.15, -0.1) is 0 Å². The van der Waals surface area contributed by atoms with Gasteiger partial charge in [0.05, 0.1) is 44.2 Å². The highest BCUT2D eigenvalue weighted by atomic mass is 19.1. The van der Waals surface area contributed by atoms with E-state index in [1.54, 1.807) is 66.2 Å². The van der Waals surface area contributed by atoms with Gasteiger partial charge >= 0.3 is 0 Å². The number of ether oxygens (including phenoxy) is 5. The van der Waals surface area contributed by atoms with Gasteiger partial charge in [0.15, 0.2) is 0 Å². The number of unbranched alkanes of at least 4 members (excludes halogenated alkanes) is 1. The molecule has 314 valence electrons. The predicted octanol–water partition coefficient (Wildman–Crippen LogP) is 7.89. The van der Waals surface area contributed by atoms with Gasteiger partial charge < -0.3 is 39.6 Å². The lowest BCUT2D eigenvalue weighted by Crippen LogP contribution is -2.44. The molecule has 2 radical (unpaired) electrons. The van der Waals surface area contributed by atoms with E-state index in [2.05, 4.69) is 12.1 Å². The van der Waals surface area contributed by atoms with Crippen molar-refractivity contribution < 1.29 is 42.7 Å². The summed E-state index contributed by atoms with van der Waals surface area (Å²) in [6.45, 7) is 10.7. The van der Waals surface area contributed by atoms with E-state index >= 15 is 8.78 Å². The third-order valence-electron chi connectivity index (χ3n) is 10.9. The second-order valence-electron chi connectivity index (χ2n) is 15.9. The molecular weight excluding hydrogens is 739 g/mol. The molecule has 0 fully saturated rings. The minimum Gasteiger partial charge on any atom is -0.494 e. The van der Waals surface area contributed by atoms with Crippen LogP contribution in [0, 0.1) is 11.6 Å². The summed E-state index contributed by atoms with van der Waals surface area (Å²) in [6.07, 6.45) is 4.90. The molecule has 58 heavy (non-hydrogen) atoms. The van der Waals surface area contributed by atoms with E-state index < -0.39 is 28.3 Å². The van der Waals surface area contributed by atoms with Crippen molar-refractivity contribution in [1.82, 2.24) is 0 Å². The van der Waals surface area contributed by atoms with E-state index in [0.29, 0.717) is 75.1 Å². The lowest BCUT2D eigenvalue weighted by atomic mass is 9.70. The monoisotopic (exact) mass is 801 g/mol. The van der Waals surface area contributed by atoms with Crippen LogP contribution in [0.1, 0.15) is 77.3 Å². The highest BCUT2D eigenvalue weighted by Gasteiger charge is 2.42. The maximum atomic E-state index is 16.0. The number of nitrogens with two attached hydrogens (primary N) is 1. The van der Waals surface area contributed by atoms with Gasteiger partial charge in [-0.3, -0.25) is 0 Å². The molecule has 0 amide bonds. The highest BCUT2D eigenvalue weighted by molar-refractivity contribution is 6.32. The smallest absolute Gasteiger partial charge is 0.131 e. The second kappa shape index (κ2) is 22.1. The average Bonchev–Trinajstić information content (AvgIpc) is 3.44. The largest absolute Gasteiger partial charge is 0.494 e. The number of hydrogen-bond donors (Lipinski definition) is 3. The first-order chi connectivity index (χ1) is 27.7. The molecule has 0 spiro atoms. The lowest BCUT2D eigenvalue weighted by Gasteiger charge is -2.33. The van der Waals surface area contributed by atoms with Crippen molar-refractivity contribution in [3.05, 3.63) is 95.6 Å². The van der Waals surface area contributed by atoms with Crippen molar-refractivity contribution in [2.24, 2.45) is 5.73 Å². The Hall–Kier alpha value is -3.68. The third-order valence-corrected chi connectivity index (χ3v) is 10.9. The number of halogens is 2. The summed E-state index contributed by atoms with van der Waals surface area (Å²) in [6, 6.07) is 21.6. The standard InChI is InChI=1S/C41H48BF2NO5.C6H14O2/c1-46-21-23-48-18-5-15-41(16-6-19-49-24-22-47-2)37-25-30(9-13-33(37)34-14-10-31(42)26-38(34)41)36-28-39(43)35(27-40(36)44)29-7-11-32(12-8-29)50-20-4-3-17-45;1-5(2,7)6(3,4)8/h7-14,25-28H,3-6,15-24,45H2,1-2H3;7-8H,1-4H3. The van der Waals surface area contributed by atoms with Crippen molar-refractivity contribution in [1.29, 1.82) is 0 Å². The fourth-order valence-corrected chi connectivity index (χ4v) is 6.94. The maximum absolute atomic E-state index is 16.0. The quantitative estimate of drug-likeness (QED) is 0.0544. The number of fused-ring (bicyclic) bond motifs is 3. The van der Waals surface area contributed by atoms with Crippen LogP contribution in [-0.2, 0) is 24.4 Å². The number of aliphatic hydroxyl groups is 2. The van der Waals surface area contributed by atoms with Gasteiger partial charge in [-0.2, -0.15) is 0 Å². The van der Waals surface area contributed by atoms with Crippen molar-refractivity contribution >= 4 is 13.3 Å². The van der Waals surface area contributed by atoms with Gasteiger partial charge in [-0.05, 0) is 136 Å². The number of rotatable bonds is 22. The van der Waals surface area contributed by atoms with E-state index in [-0.39, 0.29) is 11.1 Å². The topological polar surface area (TPSA) is 113 Å². The Balaban J connectivity index is 0.000000841. The van der Waals surface area contributed by atoms with Gasteiger partial charge in [0.25, 0.3) is 0 Å². The molecule has 0 aromatic heterocycles. The van der Waals surface area contributed by atoms with Crippen LogP contribution < -0.4 is 15.9 Å². The molecule has 1 aliphatic rings. The molecule has 4 aromatic rings. The van der Waals surface area contributed by atoms with Crippen LogP contribution in [0.25, 0.3) is 33.4 Å². The number of methoxy groups -OCH3 is 2. The van der Waals surface area contributed by atoms with Gasteiger partial charge in [-0.25, -0.2) is 8.78 Å². The third kappa shape index (κ3) is 12.4. The summed E-state index contributed by atoms with van der Waals surface area (Å²) in [5.41, 5.74) is 9.81.